The summed E-state index contributed by atoms with van der Waals surface area (Å²) >= 11 is 0. The highest BCUT2D eigenvalue weighted by atomic mass is 16.4. The molecule has 0 amide bonds. The Morgan fingerprint density at radius 2 is 1.00 bits per heavy atom. The summed E-state index contributed by atoms with van der Waals surface area (Å²) in [5.41, 5.74) is -10.3. The lowest BCUT2D eigenvalue weighted by atomic mass is 9.72. The van der Waals surface area contributed by atoms with E-state index >= 15 is 0 Å². The molecule has 2 aliphatic carbocycles. The van der Waals surface area contributed by atoms with Crippen LogP contribution in [-0.2, 0) is 24.0 Å². The van der Waals surface area contributed by atoms with Gasteiger partial charge in [-0.25, -0.2) is 0 Å². The summed E-state index contributed by atoms with van der Waals surface area (Å²) in [6.45, 7) is 3.01. The molecular weight excluding hydrogens is 432 g/mol. The smallest absolute Gasteiger partial charge is 0.316 e. The lowest BCUT2D eigenvalue weighted by molar-refractivity contribution is -0.141. The first-order valence-electron chi connectivity index (χ1n) is 8.95. The van der Waals surface area contributed by atoms with Crippen LogP contribution in [0.4, 0.5) is 0 Å². The van der Waals surface area contributed by atoms with E-state index in [1.807, 2.05) is 0 Å². The van der Waals surface area contributed by atoms with E-state index in [0.29, 0.717) is 13.8 Å². The molecule has 0 saturated heterocycles. The van der Waals surface area contributed by atoms with E-state index in [1.165, 1.54) is 0 Å². The molecule has 0 heterocycles. The number of carboxylic acid groups (broad SMARTS) is 1. The summed E-state index contributed by atoms with van der Waals surface area (Å²) in [4.78, 5) is 60.7. The standard InChI is InChI=1S/C20H20O12/c1-5(21)7-12(23)10(16(27)19(3,31)14(7)25)9(18(29)30)11-13(24)8(6(2)22)15(26)20(4,32)17(11)28/h9,23-24,27-28,31-32H,1-4H3,(H,29,30). The quantitative estimate of drug-likeness (QED) is 0.269. The summed E-state index contributed by atoms with van der Waals surface area (Å²) in [7, 11) is 0. The Hall–Kier alpha value is -3.77. The van der Waals surface area contributed by atoms with Gasteiger partial charge in [-0.05, 0) is 27.7 Å². The average Bonchev–Trinajstić information content (AvgIpc) is 2.64. The van der Waals surface area contributed by atoms with E-state index in [4.69, 9.17) is 0 Å². The maximum atomic E-state index is 12.4. The van der Waals surface area contributed by atoms with Gasteiger partial charge in [0.25, 0.3) is 0 Å². The molecule has 0 bridgehead atoms. The van der Waals surface area contributed by atoms with Crippen molar-refractivity contribution >= 4 is 29.1 Å². The second-order valence-electron chi connectivity index (χ2n) is 7.66. The van der Waals surface area contributed by atoms with Crippen molar-refractivity contribution in [3.8, 4) is 0 Å². The minimum Gasteiger partial charge on any atom is -0.508 e. The fraction of sp³-hybridized carbons (Fsp3) is 0.350. The van der Waals surface area contributed by atoms with Crippen LogP contribution in [0.25, 0.3) is 0 Å². The van der Waals surface area contributed by atoms with Crippen molar-refractivity contribution in [2.75, 3.05) is 0 Å². The van der Waals surface area contributed by atoms with Gasteiger partial charge in [0, 0.05) is 0 Å². The summed E-state index contributed by atoms with van der Waals surface area (Å²) < 4.78 is 0. The van der Waals surface area contributed by atoms with Gasteiger partial charge in [-0.1, -0.05) is 0 Å². The molecule has 0 radical (unpaired) electrons. The number of carbonyl (C=O) groups is 5. The molecule has 172 valence electrons. The van der Waals surface area contributed by atoms with Crippen molar-refractivity contribution in [2.45, 2.75) is 38.9 Å². The minimum atomic E-state index is -2.90. The zero-order chi connectivity index (χ0) is 25.1. The third-order valence-corrected chi connectivity index (χ3v) is 5.28. The monoisotopic (exact) mass is 452 g/mol. The van der Waals surface area contributed by atoms with Gasteiger partial charge in [0.15, 0.2) is 22.8 Å². The van der Waals surface area contributed by atoms with Crippen LogP contribution in [-0.4, -0.2) is 76.1 Å². The number of hydrogen-bond donors (Lipinski definition) is 7. The maximum Gasteiger partial charge on any atom is 0.316 e. The number of allylic oxidation sites excluding steroid dienone is 2. The minimum absolute atomic E-state index is 0.699. The Bertz CT molecular complexity index is 1040. The number of rotatable bonds is 5. The largest absolute Gasteiger partial charge is 0.508 e. The number of aliphatic hydroxyl groups is 6. The highest BCUT2D eigenvalue weighted by Gasteiger charge is 2.54. The molecule has 2 unspecified atom stereocenters. The Labute approximate surface area is 179 Å². The molecule has 0 aromatic heterocycles. The van der Waals surface area contributed by atoms with Crippen molar-refractivity contribution in [1.82, 2.24) is 0 Å². The topological polar surface area (TPSA) is 227 Å². The molecule has 7 N–H and O–H groups in total. The molecule has 12 heteroatoms. The van der Waals surface area contributed by atoms with E-state index in [2.05, 4.69) is 0 Å². The molecule has 0 saturated carbocycles. The molecule has 2 aliphatic rings. The predicted octanol–water partition coefficient (Wildman–Crippen LogP) is -0.219. The number of aliphatic hydroxyl groups excluding tert-OH is 4. The van der Waals surface area contributed by atoms with Gasteiger partial charge in [-0.3, -0.25) is 24.0 Å². The van der Waals surface area contributed by atoms with Crippen LogP contribution in [0.3, 0.4) is 0 Å². The average molecular weight is 452 g/mol. The maximum absolute atomic E-state index is 12.4. The zero-order valence-corrected chi connectivity index (χ0v) is 17.2. The van der Waals surface area contributed by atoms with Gasteiger partial charge in [0.1, 0.15) is 40.1 Å². The fourth-order valence-corrected chi connectivity index (χ4v) is 3.53. The van der Waals surface area contributed by atoms with Crippen LogP contribution in [0.2, 0.25) is 0 Å². The summed E-state index contributed by atoms with van der Waals surface area (Å²) in [6, 6.07) is 0. The SMILES string of the molecule is CC(=O)C1=C(O)C(C(C(=O)O)C2=C(O)C(C)(O)C(=O)C(C(C)=O)=C2O)=C(O)C(C)(O)C1=O. The third kappa shape index (κ3) is 3.20. The van der Waals surface area contributed by atoms with Gasteiger partial charge in [0.2, 0.25) is 11.6 Å². The normalized spacial score (nSPS) is 27.8. The van der Waals surface area contributed by atoms with Gasteiger partial charge in [-0.2, -0.15) is 0 Å². The first-order valence-corrected chi connectivity index (χ1v) is 8.95. The molecule has 0 aromatic rings. The Morgan fingerprint density at radius 1 is 0.719 bits per heavy atom. The second-order valence-corrected chi connectivity index (χ2v) is 7.66. The summed E-state index contributed by atoms with van der Waals surface area (Å²) in [5.74, 6) is -15.4. The highest BCUT2D eigenvalue weighted by molar-refractivity contribution is 6.25. The Kier molecular flexibility index (Phi) is 5.68. The van der Waals surface area contributed by atoms with Crippen molar-refractivity contribution in [2.24, 2.45) is 5.92 Å². The molecule has 2 atom stereocenters. The number of carbonyl (C=O) groups excluding carboxylic acids is 4. The van der Waals surface area contributed by atoms with Crippen LogP contribution in [0.1, 0.15) is 27.7 Å². The molecule has 0 fully saturated rings. The second kappa shape index (κ2) is 7.43. The Balaban J connectivity index is 3.06. The Morgan fingerprint density at radius 3 is 1.22 bits per heavy atom. The molecule has 0 aromatic carbocycles. The van der Waals surface area contributed by atoms with Crippen LogP contribution in [0.15, 0.2) is 45.3 Å². The first-order chi connectivity index (χ1) is 14.4. The summed E-state index contributed by atoms with van der Waals surface area (Å²) in [6.07, 6.45) is 0. The van der Waals surface area contributed by atoms with Gasteiger partial charge in [0.05, 0.1) is 11.1 Å². The van der Waals surface area contributed by atoms with Gasteiger partial charge < -0.3 is 35.7 Å². The fourth-order valence-electron chi connectivity index (χ4n) is 3.53. The van der Waals surface area contributed by atoms with E-state index in [1.54, 1.807) is 0 Å². The number of carboxylic acids is 1. The summed E-state index contributed by atoms with van der Waals surface area (Å²) in [5, 5.41) is 72.5. The number of ketones is 4. The molecule has 2 rings (SSSR count). The van der Waals surface area contributed by atoms with Crippen LogP contribution < -0.4 is 0 Å². The van der Waals surface area contributed by atoms with Crippen LogP contribution in [0, 0.1) is 5.92 Å². The van der Waals surface area contributed by atoms with E-state index < -0.39 is 91.6 Å². The molecule has 0 spiro atoms. The number of Topliss-reactive ketones (excluding diaryl/α,β-unsaturated/α-hetero) is 4. The molecular formula is C20H20O12. The van der Waals surface area contributed by atoms with Crippen molar-refractivity contribution < 1.29 is 59.7 Å². The predicted molar refractivity (Wildman–Crippen MR) is 102 cm³/mol. The lowest BCUT2D eigenvalue weighted by Gasteiger charge is -2.35. The zero-order valence-electron chi connectivity index (χ0n) is 17.2. The van der Waals surface area contributed by atoms with Gasteiger partial charge in [-0.15, -0.1) is 0 Å². The third-order valence-electron chi connectivity index (χ3n) is 5.28. The molecule has 32 heavy (non-hydrogen) atoms. The van der Waals surface area contributed by atoms with Crippen molar-refractivity contribution in [1.29, 1.82) is 0 Å². The van der Waals surface area contributed by atoms with Crippen LogP contribution in [0.5, 0.6) is 0 Å². The van der Waals surface area contributed by atoms with E-state index in [-0.39, 0.29) is 0 Å². The van der Waals surface area contributed by atoms with E-state index in [0.717, 1.165) is 13.8 Å². The molecule has 12 nitrogen and oxygen atoms in total. The molecule has 0 aliphatic heterocycles. The van der Waals surface area contributed by atoms with Crippen molar-refractivity contribution in [3.63, 3.8) is 0 Å². The van der Waals surface area contributed by atoms with Crippen molar-refractivity contribution in [3.05, 3.63) is 45.3 Å². The highest BCUT2D eigenvalue weighted by Crippen LogP contribution is 2.44. The van der Waals surface area contributed by atoms with Gasteiger partial charge >= 0.3 is 5.97 Å². The number of hydrogen-bond acceptors (Lipinski definition) is 11. The first kappa shape index (κ1) is 24.5. The number of aliphatic carboxylic acids is 1. The van der Waals surface area contributed by atoms with E-state index in [9.17, 15) is 59.7 Å². The lowest BCUT2D eigenvalue weighted by Crippen LogP contribution is -2.48. The van der Waals surface area contributed by atoms with Crippen LogP contribution >= 0.6 is 0 Å².